The van der Waals surface area contributed by atoms with Crippen molar-refractivity contribution in [2.45, 2.75) is 63.3 Å². The largest absolute Gasteiger partial charge is 0.313 e. The molecule has 3 unspecified atom stereocenters. The normalized spacial score (nSPS) is 33.7. The van der Waals surface area contributed by atoms with Gasteiger partial charge in [-0.1, -0.05) is 20.3 Å². The molecule has 17 heavy (non-hydrogen) atoms. The number of nitrogens with zero attached hydrogens (tertiary/aromatic N) is 1. The lowest BCUT2D eigenvalue weighted by Gasteiger charge is -2.33. The van der Waals surface area contributed by atoms with Gasteiger partial charge in [-0.05, 0) is 44.5 Å². The summed E-state index contributed by atoms with van der Waals surface area (Å²) in [6, 6.07) is 1.61. The Morgan fingerprint density at radius 1 is 1.35 bits per heavy atom. The highest BCUT2D eigenvalue weighted by atomic mass is 32.2. The van der Waals surface area contributed by atoms with Crippen LogP contribution in [0.2, 0.25) is 0 Å². The van der Waals surface area contributed by atoms with Crippen LogP contribution in [0.25, 0.3) is 0 Å². The van der Waals surface area contributed by atoms with Crippen LogP contribution >= 0.6 is 11.8 Å². The number of nitrogens with one attached hydrogen (secondary N) is 1. The van der Waals surface area contributed by atoms with E-state index in [1.165, 1.54) is 57.5 Å². The van der Waals surface area contributed by atoms with Gasteiger partial charge in [0.1, 0.15) is 0 Å². The summed E-state index contributed by atoms with van der Waals surface area (Å²) in [6.07, 6.45) is 6.85. The Hall–Kier alpha value is 0.270. The van der Waals surface area contributed by atoms with E-state index in [4.69, 9.17) is 0 Å². The van der Waals surface area contributed by atoms with Gasteiger partial charge < -0.3 is 5.32 Å². The third kappa shape index (κ3) is 3.87. The summed E-state index contributed by atoms with van der Waals surface area (Å²) in [4.78, 5) is 2.79. The van der Waals surface area contributed by atoms with E-state index >= 15 is 0 Å². The standard InChI is InChI=1S/C14H28N2S/c1-3-4-9-16(11-13-6-5-8-15-13)14-7-10-17-12(14)2/h12-15H,3-11H2,1-2H3. The van der Waals surface area contributed by atoms with Crippen LogP contribution in [0.15, 0.2) is 0 Å². The molecule has 0 aromatic rings. The molecular weight excluding hydrogens is 228 g/mol. The molecule has 0 aromatic carbocycles. The minimum Gasteiger partial charge on any atom is -0.313 e. The van der Waals surface area contributed by atoms with E-state index in [1.807, 2.05) is 0 Å². The van der Waals surface area contributed by atoms with Gasteiger partial charge in [0, 0.05) is 23.9 Å². The topological polar surface area (TPSA) is 15.3 Å². The monoisotopic (exact) mass is 256 g/mol. The number of hydrogen-bond donors (Lipinski definition) is 1. The van der Waals surface area contributed by atoms with Crippen molar-refractivity contribution in [2.24, 2.45) is 0 Å². The summed E-state index contributed by atoms with van der Waals surface area (Å²) in [5.74, 6) is 1.37. The maximum absolute atomic E-state index is 3.65. The third-order valence-corrected chi connectivity index (χ3v) is 5.53. The Morgan fingerprint density at radius 2 is 2.24 bits per heavy atom. The van der Waals surface area contributed by atoms with E-state index in [2.05, 4.69) is 35.8 Å². The van der Waals surface area contributed by atoms with Crippen molar-refractivity contribution in [3.05, 3.63) is 0 Å². The van der Waals surface area contributed by atoms with Crippen molar-refractivity contribution in [3.63, 3.8) is 0 Å². The molecule has 0 spiro atoms. The Labute approximate surface area is 111 Å². The minimum absolute atomic E-state index is 0.768. The van der Waals surface area contributed by atoms with Crippen LogP contribution in [0.5, 0.6) is 0 Å². The summed E-state index contributed by atoms with van der Waals surface area (Å²) in [7, 11) is 0. The van der Waals surface area contributed by atoms with Gasteiger partial charge in [0.15, 0.2) is 0 Å². The second-order valence-electron chi connectivity index (χ2n) is 5.57. The van der Waals surface area contributed by atoms with Crippen molar-refractivity contribution >= 4 is 11.8 Å². The molecule has 2 nitrogen and oxygen atoms in total. The lowest BCUT2D eigenvalue weighted by molar-refractivity contribution is 0.177. The number of thioether (sulfide) groups is 1. The molecule has 0 saturated carbocycles. The van der Waals surface area contributed by atoms with Crippen molar-refractivity contribution in [1.82, 2.24) is 10.2 Å². The second kappa shape index (κ2) is 7.01. The summed E-state index contributed by atoms with van der Waals surface area (Å²) in [6.45, 7) is 8.56. The second-order valence-corrected chi connectivity index (χ2v) is 7.06. The Balaban J connectivity index is 1.86. The van der Waals surface area contributed by atoms with Crippen LogP contribution in [0.4, 0.5) is 0 Å². The first kappa shape index (κ1) is 13.7. The summed E-state index contributed by atoms with van der Waals surface area (Å²) in [5.41, 5.74) is 0. The fraction of sp³-hybridized carbons (Fsp3) is 1.00. The van der Waals surface area contributed by atoms with Crippen molar-refractivity contribution in [3.8, 4) is 0 Å². The highest BCUT2D eigenvalue weighted by molar-refractivity contribution is 8.00. The van der Waals surface area contributed by atoms with Gasteiger partial charge in [0.25, 0.3) is 0 Å². The van der Waals surface area contributed by atoms with Crippen LogP contribution in [0.3, 0.4) is 0 Å². The molecule has 2 aliphatic heterocycles. The van der Waals surface area contributed by atoms with Crippen LogP contribution in [-0.4, -0.2) is 47.6 Å². The molecule has 1 N–H and O–H groups in total. The Morgan fingerprint density at radius 3 is 2.82 bits per heavy atom. The predicted octanol–water partition coefficient (Wildman–Crippen LogP) is 2.73. The molecule has 2 fully saturated rings. The summed E-state index contributed by atoms with van der Waals surface area (Å²) >= 11 is 2.16. The van der Waals surface area contributed by atoms with Crippen LogP contribution in [-0.2, 0) is 0 Å². The first-order valence-corrected chi connectivity index (χ1v) is 8.45. The van der Waals surface area contributed by atoms with Crippen LogP contribution in [0.1, 0.15) is 46.0 Å². The van der Waals surface area contributed by atoms with Crippen molar-refractivity contribution in [1.29, 1.82) is 0 Å². The fourth-order valence-electron chi connectivity index (χ4n) is 3.15. The molecular formula is C14H28N2S. The average Bonchev–Trinajstić information content (AvgIpc) is 2.95. The van der Waals surface area contributed by atoms with Gasteiger partial charge in [-0.2, -0.15) is 11.8 Å². The smallest absolute Gasteiger partial charge is 0.0220 e. The van der Waals surface area contributed by atoms with Gasteiger partial charge in [0.2, 0.25) is 0 Å². The molecule has 100 valence electrons. The number of rotatable bonds is 6. The minimum atomic E-state index is 0.768. The maximum Gasteiger partial charge on any atom is 0.0220 e. The molecule has 2 heterocycles. The Bertz CT molecular complexity index is 216. The van der Waals surface area contributed by atoms with E-state index in [-0.39, 0.29) is 0 Å². The van der Waals surface area contributed by atoms with Crippen LogP contribution < -0.4 is 5.32 Å². The van der Waals surface area contributed by atoms with Crippen LogP contribution in [0, 0.1) is 0 Å². The average molecular weight is 256 g/mol. The molecule has 0 aliphatic carbocycles. The van der Waals surface area contributed by atoms with Crippen molar-refractivity contribution in [2.75, 3.05) is 25.4 Å². The zero-order valence-corrected chi connectivity index (χ0v) is 12.3. The fourth-order valence-corrected chi connectivity index (χ4v) is 4.43. The zero-order chi connectivity index (χ0) is 12.1. The Kier molecular flexibility index (Phi) is 5.64. The molecule has 0 bridgehead atoms. The molecule has 0 aromatic heterocycles. The molecule has 0 radical (unpaired) electrons. The first-order valence-electron chi connectivity index (χ1n) is 7.40. The summed E-state index contributed by atoms with van der Waals surface area (Å²) in [5, 5.41) is 4.49. The van der Waals surface area contributed by atoms with Crippen molar-refractivity contribution < 1.29 is 0 Å². The lowest BCUT2D eigenvalue weighted by Crippen LogP contribution is -2.46. The van der Waals surface area contributed by atoms with Gasteiger partial charge in [0.05, 0.1) is 0 Å². The summed E-state index contributed by atoms with van der Waals surface area (Å²) < 4.78 is 0. The van der Waals surface area contributed by atoms with Gasteiger partial charge in [-0.25, -0.2) is 0 Å². The highest BCUT2D eigenvalue weighted by Gasteiger charge is 2.31. The predicted molar refractivity (Wildman–Crippen MR) is 77.8 cm³/mol. The molecule has 2 rings (SSSR count). The molecule has 2 aliphatic rings. The van der Waals surface area contributed by atoms with E-state index in [0.717, 1.165) is 17.3 Å². The molecule has 3 heteroatoms. The SMILES string of the molecule is CCCCN(CC1CCCN1)C1CCSC1C. The van der Waals surface area contributed by atoms with Gasteiger partial charge >= 0.3 is 0 Å². The van der Waals surface area contributed by atoms with Gasteiger partial charge in [-0.15, -0.1) is 0 Å². The molecule has 2 saturated heterocycles. The van der Waals surface area contributed by atoms with E-state index in [9.17, 15) is 0 Å². The van der Waals surface area contributed by atoms with Gasteiger partial charge in [-0.3, -0.25) is 4.90 Å². The number of unbranched alkanes of at least 4 members (excludes halogenated alkanes) is 1. The quantitative estimate of drug-likeness (QED) is 0.787. The molecule has 0 amide bonds. The van der Waals surface area contributed by atoms with E-state index < -0.39 is 0 Å². The van der Waals surface area contributed by atoms with E-state index in [1.54, 1.807) is 0 Å². The first-order chi connectivity index (χ1) is 8.31. The van der Waals surface area contributed by atoms with E-state index in [0.29, 0.717) is 0 Å². The zero-order valence-electron chi connectivity index (χ0n) is 11.5. The molecule has 3 atom stereocenters. The lowest BCUT2D eigenvalue weighted by atomic mass is 10.1. The number of hydrogen-bond acceptors (Lipinski definition) is 3. The maximum atomic E-state index is 3.65. The third-order valence-electron chi connectivity index (χ3n) is 4.22. The highest BCUT2D eigenvalue weighted by Crippen LogP contribution is 2.30.